The van der Waals surface area contributed by atoms with Crippen molar-refractivity contribution in [2.24, 2.45) is 0 Å². The lowest BCUT2D eigenvalue weighted by Crippen LogP contribution is -2.37. The van der Waals surface area contributed by atoms with Gasteiger partial charge in [-0.15, -0.1) is 0 Å². The molecule has 0 radical (unpaired) electrons. The van der Waals surface area contributed by atoms with Crippen molar-refractivity contribution in [1.29, 1.82) is 0 Å². The van der Waals surface area contributed by atoms with E-state index in [1.807, 2.05) is 30.3 Å². The predicted molar refractivity (Wildman–Crippen MR) is 106 cm³/mol. The van der Waals surface area contributed by atoms with Crippen LogP contribution in [0.3, 0.4) is 0 Å². The summed E-state index contributed by atoms with van der Waals surface area (Å²) in [4.78, 5) is 14.7. The minimum Gasteiger partial charge on any atom is -0.490 e. The van der Waals surface area contributed by atoms with Crippen molar-refractivity contribution >= 4 is 5.91 Å². The molecule has 27 heavy (non-hydrogen) atoms. The predicted octanol–water partition coefficient (Wildman–Crippen LogP) is 3.26. The first kappa shape index (κ1) is 19.0. The fraction of sp³-hybridized carbons (Fsp3) is 0.318. The van der Waals surface area contributed by atoms with E-state index in [-0.39, 0.29) is 12.0 Å². The summed E-state index contributed by atoms with van der Waals surface area (Å²) in [7, 11) is 0. The van der Waals surface area contributed by atoms with Gasteiger partial charge in [0.25, 0.3) is 5.91 Å². The molecule has 1 amide bonds. The SMILES string of the molecule is C=CCOc1cccc(C(=O)NCCN2Cc3ccccc3O[C@@H](C)C2)c1. The summed E-state index contributed by atoms with van der Waals surface area (Å²) < 4.78 is 11.5. The largest absolute Gasteiger partial charge is 0.490 e. The number of carbonyl (C=O) groups is 1. The van der Waals surface area contributed by atoms with Gasteiger partial charge >= 0.3 is 0 Å². The molecular weight excluding hydrogens is 340 g/mol. The number of ether oxygens (including phenoxy) is 2. The van der Waals surface area contributed by atoms with Crippen molar-refractivity contribution in [2.45, 2.75) is 19.6 Å². The normalized spacial score (nSPS) is 16.6. The van der Waals surface area contributed by atoms with E-state index in [0.29, 0.717) is 24.5 Å². The van der Waals surface area contributed by atoms with Gasteiger partial charge in [0.2, 0.25) is 0 Å². The Labute approximate surface area is 160 Å². The van der Waals surface area contributed by atoms with Gasteiger partial charge in [-0.1, -0.05) is 36.9 Å². The number of para-hydroxylation sites is 1. The maximum atomic E-state index is 12.4. The van der Waals surface area contributed by atoms with Gasteiger partial charge in [0.05, 0.1) is 0 Å². The summed E-state index contributed by atoms with van der Waals surface area (Å²) in [6.07, 6.45) is 1.79. The lowest BCUT2D eigenvalue weighted by atomic mass is 10.2. The van der Waals surface area contributed by atoms with E-state index in [1.54, 1.807) is 18.2 Å². The number of nitrogens with zero attached hydrogens (tertiary/aromatic N) is 1. The van der Waals surface area contributed by atoms with Gasteiger partial charge in [-0.25, -0.2) is 0 Å². The fourth-order valence-electron chi connectivity index (χ4n) is 3.15. The van der Waals surface area contributed by atoms with Crippen molar-refractivity contribution in [3.8, 4) is 11.5 Å². The van der Waals surface area contributed by atoms with Crippen LogP contribution in [-0.2, 0) is 6.54 Å². The molecule has 2 aromatic rings. The van der Waals surface area contributed by atoms with Crippen molar-refractivity contribution in [2.75, 3.05) is 26.2 Å². The number of fused-ring (bicyclic) bond motifs is 1. The van der Waals surface area contributed by atoms with Crippen LogP contribution in [0.4, 0.5) is 0 Å². The lowest BCUT2D eigenvalue weighted by molar-refractivity contribution is 0.0944. The van der Waals surface area contributed by atoms with Crippen LogP contribution >= 0.6 is 0 Å². The second-order valence-electron chi connectivity index (χ2n) is 6.65. The Morgan fingerprint density at radius 2 is 2.19 bits per heavy atom. The molecule has 0 bridgehead atoms. The Bertz CT molecular complexity index is 791. The molecule has 5 nitrogen and oxygen atoms in total. The molecule has 1 atom stereocenters. The molecule has 1 aliphatic rings. The third-order valence-electron chi connectivity index (χ3n) is 4.39. The number of rotatable bonds is 7. The lowest BCUT2D eigenvalue weighted by Gasteiger charge is -2.21. The Balaban J connectivity index is 1.53. The first-order valence-corrected chi connectivity index (χ1v) is 9.24. The summed E-state index contributed by atoms with van der Waals surface area (Å²) in [5.74, 6) is 1.52. The van der Waals surface area contributed by atoms with Crippen LogP contribution < -0.4 is 14.8 Å². The molecule has 142 valence electrons. The average Bonchev–Trinajstić information content (AvgIpc) is 2.83. The third kappa shape index (κ3) is 5.34. The summed E-state index contributed by atoms with van der Waals surface area (Å²) in [5, 5.41) is 2.99. The van der Waals surface area contributed by atoms with E-state index in [1.165, 1.54) is 5.56 Å². The maximum Gasteiger partial charge on any atom is 0.251 e. The molecule has 1 N–H and O–H groups in total. The highest BCUT2D eigenvalue weighted by Gasteiger charge is 2.19. The first-order valence-electron chi connectivity index (χ1n) is 9.24. The number of benzene rings is 2. The molecule has 3 rings (SSSR count). The van der Waals surface area contributed by atoms with Gasteiger partial charge in [-0.2, -0.15) is 0 Å². The number of hydrogen-bond acceptors (Lipinski definition) is 4. The topological polar surface area (TPSA) is 50.8 Å². The van der Waals surface area contributed by atoms with E-state index in [9.17, 15) is 4.79 Å². The number of hydrogen-bond donors (Lipinski definition) is 1. The summed E-state index contributed by atoms with van der Waals surface area (Å²) in [5.41, 5.74) is 1.77. The fourth-order valence-corrected chi connectivity index (χ4v) is 3.15. The summed E-state index contributed by atoms with van der Waals surface area (Å²) in [6.45, 7) is 9.11. The van der Waals surface area contributed by atoms with E-state index < -0.39 is 0 Å². The summed E-state index contributed by atoms with van der Waals surface area (Å²) in [6, 6.07) is 15.3. The number of carbonyl (C=O) groups excluding carboxylic acids is 1. The molecule has 2 aromatic carbocycles. The monoisotopic (exact) mass is 366 g/mol. The van der Waals surface area contributed by atoms with Crippen molar-refractivity contribution in [1.82, 2.24) is 10.2 Å². The van der Waals surface area contributed by atoms with Gasteiger partial charge in [-0.3, -0.25) is 9.69 Å². The highest BCUT2D eigenvalue weighted by Crippen LogP contribution is 2.24. The Morgan fingerprint density at radius 3 is 3.04 bits per heavy atom. The zero-order chi connectivity index (χ0) is 19.1. The summed E-state index contributed by atoms with van der Waals surface area (Å²) >= 11 is 0. The van der Waals surface area contributed by atoms with Crippen LogP contribution in [0.5, 0.6) is 11.5 Å². The van der Waals surface area contributed by atoms with Gasteiger partial charge in [0.15, 0.2) is 0 Å². The number of nitrogens with one attached hydrogen (secondary N) is 1. The molecule has 0 spiro atoms. The quantitative estimate of drug-likeness (QED) is 0.764. The third-order valence-corrected chi connectivity index (χ3v) is 4.39. The molecule has 0 unspecified atom stereocenters. The molecule has 0 aliphatic carbocycles. The zero-order valence-corrected chi connectivity index (χ0v) is 15.7. The minimum atomic E-state index is -0.0985. The van der Waals surface area contributed by atoms with Crippen molar-refractivity contribution in [3.05, 3.63) is 72.3 Å². The number of amides is 1. The van der Waals surface area contributed by atoms with Gasteiger partial charge in [-0.05, 0) is 31.2 Å². The molecule has 1 aliphatic heterocycles. The molecule has 0 fully saturated rings. The van der Waals surface area contributed by atoms with Crippen LogP contribution in [0.15, 0.2) is 61.2 Å². The molecule has 1 heterocycles. The van der Waals surface area contributed by atoms with E-state index in [0.717, 1.165) is 25.4 Å². The smallest absolute Gasteiger partial charge is 0.251 e. The van der Waals surface area contributed by atoms with Crippen LogP contribution in [0.2, 0.25) is 0 Å². The van der Waals surface area contributed by atoms with Crippen LogP contribution in [-0.4, -0.2) is 43.2 Å². The van der Waals surface area contributed by atoms with Gasteiger partial charge < -0.3 is 14.8 Å². The highest BCUT2D eigenvalue weighted by atomic mass is 16.5. The van der Waals surface area contributed by atoms with Crippen molar-refractivity contribution in [3.63, 3.8) is 0 Å². The van der Waals surface area contributed by atoms with E-state index >= 15 is 0 Å². The molecule has 5 heteroatoms. The first-order chi connectivity index (χ1) is 13.2. The van der Waals surface area contributed by atoms with Gasteiger partial charge in [0.1, 0.15) is 24.2 Å². The minimum absolute atomic E-state index is 0.0985. The molecular formula is C22H26N2O3. The van der Waals surface area contributed by atoms with Crippen LogP contribution in [0.25, 0.3) is 0 Å². The standard InChI is InChI=1S/C22H26N2O3/c1-3-13-26-20-9-6-8-18(14-20)22(25)23-11-12-24-15-17(2)27-21-10-5-4-7-19(21)16-24/h3-10,14,17H,1,11-13,15-16H2,2H3,(H,23,25)/t17-/m0/s1. The van der Waals surface area contributed by atoms with Crippen molar-refractivity contribution < 1.29 is 14.3 Å². The average molecular weight is 366 g/mol. The Hall–Kier alpha value is -2.79. The van der Waals surface area contributed by atoms with Gasteiger partial charge in [0, 0.05) is 37.3 Å². The zero-order valence-electron chi connectivity index (χ0n) is 15.7. The molecule has 0 saturated carbocycles. The van der Waals surface area contributed by atoms with Crippen LogP contribution in [0, 0.1) is 0 Å². The van der Waals surface area contributed by atoms with Crippen LogP contribution in [0.1, 0.15) is 22.8 Å². The maximum absolute atomic E-state index is 12.4. The second kappa shape index (κ2) is 9.24. The van der Waals surface area contributed by atoms with E-state index in [2.05, 4.69) is 29.8 Å². The Morgan fingerprint density at radius 1 is 1.33 bits per heavy atom. The van der Waals surface area contributed by atoms with E-state index in [4.69, 9.17) is 9.47 Å². The molecule has 0 aromatic heterocycles. The second-order valence-corrected chi connectivity index (χ2v) is 6.65. The Kier molecular flexibility index (Phi) is 6.49. The molecule has 0 saturated heterocycles. The highest BCUT2D eigenvalue weighted by molar-refractivity contribution is 5.94.